The van der Waals surface area contributed by atoms with E-state index in [1.165, 1.54) is 205 Å². The zero-order valence-corrected chi connectivity index (χ0v) is 40.5. The summed E-state index contributed by atoms with van der Waals surface area (Å²) in [6.45, 7) is 4.94. The summed E-state index contributed by atoms with van der Waals surface area (Å²) >= 11 is 0. The number of aliphatic hydroxyl groups is 2. The first kappa shape index (κ1) is 58.6. The van der Waals surface area contributed by atoms with Crippen LogP contribution in [0.15, 0.2) is 12.2 Å². The summed E-state index contributed by atoms with van der Waals surface area (Å²) in [6.07, 6.45) is 57.6. The lowest BCUT2D eigenvalue weighted by atomic mass is 10.0. The molecule has 0 spiro atoms. The van der Waals surface area contributed by atoms with E-state index in [1.54, 1.807) is 0 Å². The molecule has 0 saturated carbocycles. The van der Waals surface area contributed by atoms with E-state index in [-0.39, 0.29) is 18.5 Å². The van der Waals surface area contributed by atoms with Gasteiger partial charge in [-0.1, -0.05) is 244 Å². The molecular weight excluding hydrogens is 743 g/mol. The van der Waals surface area contributed by atoms with Crippen LogP contribution in [-0.4, -0.2) is 47.4 Å². The van der Waals surface area contributed by atoms with Crippen molar-refractivity contribution in [2.45, 2.75) is 309 Å². The maximum absolute atomic E-state index is 12.4. The predicted octanol–water partition coefficient (Wildman–Crippen LogP) is 16.1. The van der Waals surface area contributed by atoms with Crippen molar-refractivity contribution in [3.8, 4) is 0 Å². The van der Waals surface area contributed by atoms with E-state index in [9.17, 15) is 19.8 Å². The largest absolute Gasteiger partial charge is 0.466 e. The van der Waals surface area contributed by atoms with E-state index in [0.717, 1.165) is 57.8 Å². The van der Waals surface area contributed by atoms with E-state index < -0.39 is 12.1 Å². The highest BCUT2D eigenvalue weighted by Gasteiger charge is 2.20. The molecule has 3 N–H and O–H groups in total. The number of carbonyl (C=O) groups is 2. The van der Waals surface area contributed by atoms with Crippen LogP contribution >= 0.6 is 0 Å². The van der Waals surface area contributed by atoms with Gasteiger partial charge in [-0.15, -0.1) is 0 Å². The van der Waals surface area contributed by atoms with Crippen LogP contribution in [0.25, 0.3) is 0 Å². The summed E-state index contributed by atoms with van der Waals surface area (Å²) in [5, 5.41) is 23.1. The standard InChI is InChI=1S/C54H105NO5/c1-3-5-7-9-11-13-15-16-24-28-32-36-40-44-48-54(59)60-49-45-41-37-33-29-25-22-20-18-17-19-21-23-27-31-35-39-43-47-53(58)55-51(50-56)52(57)46-42-38-34-30-26-14-12-10-8-6-4-2/h19,21,51-52,56-57H,3-18,20,22-50H2,1-2H3,(H,55,58)/b21-19-. The van der Waals surface area contributed by atoms with Gasteiger partial charge in [-0.25, -0.2) is 0 Å². The Morgan fingerprint density at radius 1 is 0.450 bits per heavy atom. The Balaban J connectivity index is 3.42. The van der Waals surface area contributed by atoms with Crippen molar-refractivity contribution in [3.63, 3.8) is 0 Å². The van der Waals surface area contributed by atoms with Crippen molar-refractivity contribution in [2.24, 2.45) is 0 Å². The molecule has 0 aromatic rings. The second-order valence-electron chi connectivity index (χ2n) is 18.6. The van der Waals surface area contributed by atoms with Gasteiger partial charge in [0, 0.05) is 12.8 Å². The fourth-order valence-electron chi connectivity index (χ4n) is 8.40. The van der Waals surface area contributed by atoms with E-state index in [4.69, 9.17) is 4.74 Å². The molecule has 0 heterocycles. The maximum Gasteiger partial charge on any atom is 0.305 e. The average Bonchev–Trinajstić information content (AvgIpc) is 3.25. The number of nitrogens with one attached hydrogen (secondary N) is 1. The monoisotopic (exact) mass is 848 g/mol. The summed E-state index contributed by atoms with van der Waals surface area (Å²) in [4.78, 5) is 24.4. The van der Waals surface area contributed by atoms with Gasteiger partial charge in [-0.05, 0) is 51.4 Å². The molecule has 6 nitrogen and oxygen atoms in total. The van der Waals surface area contributed by atoms with Gasteiger partial charge in [0.15, 0.2) is 0 Å². The van der Waals surface area contributed by atoms with Crippen molar-refractivity contribution in [1.82, 2.24) is 5.32 Å². The Hall–Kier alpha value is -1.40. The summed E-state index contributed by atoms with van der Waals surface area (Å²) in [5.74, 6) is -0.0444. The predicted molar refractivity (Wildman–Crippen MR) is 260 cm³/mol. The SMILES string of the molecule is CCCCCCCCCCCCCCCCC(=O)OCCCCCCCCCCC/C=C\CCCCCCCC(=O)NC(CO)C(O)CCCCCCCCCCCCC. The zero-order valence-electron chi connectivity index (χ0n) is 40.5. The van der Waals surface area contributed by atoms with E-state index in [0.29, 0.717) is 25.9 Å². The van der Waals surface area contributed by atoms with Gasteiger partial charge in [-0.3, -0.25) is 9.59 Å². The second kappa shape index (κ2) is 50.2. The highest BCUT2D eigenvalue weighted by Crippen LogP contribution is 2.17. The maximum atomic E-state index is 12.4. The number of hydrogen-bond acceptors (Lipinski definition) is 5. The molecule has 356 valence electrons. The Kier molecular flexibility index (Phi) is 49.1. The van der Waals surface area contributed by atoms with Gasteiger partial charge in [-0.2, -0.15) is 0 Å². The zero-order chi connectivity index (χ0) is 43.7. The van der Waals surface area contributed by atoms with Gasteiger partial charge in [0.2, 0.25) is 5.91 Å². The molecule has 0 aliphatic rings. The number of aliphatic hydroxyl groups excluding tert-OH is 2. The number of hydrogen-bond donors (Lipinski definition) is 3. The fraction of sp³-hybridized carbons (Fsp3) is 0.926. The number of allylic oxidation sites excluding steroid dienone is 2. The summed E-state index contributed by atoms with van der Waals surface area (Å²) in [5.41, 5.74) is 0. The summed E-state index contributed by atoms with van der Waals surface area (Å²) < 4.78 is 5.47. The van der Waals surface area contributed by atoms with Crippen LogP contribution in [0.4, 0.5) is 0 Å². The molecule has 0 aliphatic carbocycles. The van der Waals surface area contributed by atoms with Crippen molar-refractivity contribution >= 4 is 11.9 Å². The third kappa shape index (κ3) is 46.1. The van der Waals surface area contributed by atoms with Crippen LogP contribution in [-0.2, 0) is 14.3 Å². The lowest BCUT2D eigenvalue weighted by Crippen LogP contribution is -2.45. The van der Waals surface area contributed by atoms with Crippen LogP contribution in [0.1, 0.15) is 296 Å². The van der Waals surface area contributed by atoms with Crippen LogP contribution in [0.5, 0.6) is 0 Å². The lowest BCUT2D eigenvalue weighted by molar-refractivity contribution is -0.143. The molecule has 0 bridgehead atoms. The van der Waals surface area contributed by atoms with Crippen molar-refractivity contribution in [3.05, 3.63) is 12.2 Å². The van der Waals surface area contributed by atoms with Crippen molar-refractivity contribution in [1.29, 1.82) is 0 Å². The first-order valence-electron chi connectivity index (χ1n) is 26.9. The number of rotatable bonds is 50. The Labute approximate surface area is 374 Å². The molecule has 0 rings (SSSR count). The quantitative estimate of drug-likeness (QED) is 0.0322. The third-order valence-electron chi connectivity index (χ3n) is 12.6. The topological polar surface area (TPSA) is 95.9 Å². The van der Waals surface area contributed by atoms with Gasteiger partial charge in [0.05, 0.1) is 25.4 Å². The smallest absolute Gasteiger partial charge is 0.305 e. The van der Waals surface area contributed by atoms with Gasteiger partial charge >= 0.3 is 5.97 Å². The average molecular weight is 848 g/mol. The third-order valence-corrected chi connectivity index (χ3v) is 12.6. The summed E-state index contributed by atoms with van der Waals surface area (Å²) in [7, 11) is 0. The van der Waals surface area contributed by atoms with Crippen molar-refractivity contribution < 1.29 is 24.5 Å². The molecular formula is C54H105NO5. The molecule has 0 radical (unpaired) electrons. The van der Waals surface area contributed by atoms with Crippen LogP contribution in [0, 0.1) is 0 Å². The Bertz CT molecular complexity index is 893. The first-order valence-corrected chi connectivity index (χ1v) is 26.9. The van der Waals surface area contributed by atoms with Gasteiger partial charge in [0.1, 0.15) is 0 Å². The fourth-order valence-corrected chi connectivity index (χ4v) is 8.40. The van der Waals surface area contributed by atoms with E-state index in [1.807, 2.05) is 0 Å². The Morgan fingerprint density at radius 2 is 0.783 bits per heavy atom. The molecule has 0 aliphatic heterocycles. The molecule has 0 saturated heterocycles. The van der Waals surface area contributed by atoms with Crippen LogP contribution < -0.4 is 5.32 Å². The minimum atomic E-state index is -0.670. The molecule has 2 atom stereocenters. The molecule has 0 aromatic carbocycles. The molecule has 2 unspecified atom stereocenters. The molecule has 1 amide bonds. The van der Waals surface area contributed by atoms with Crippen molar-refractivity contribution in [2.75, 3.05) is 13.2 Å². The number of unbranched alkanes of at least 4 members (excludes halogenated alkanes) is 37. The second-order valence-corrected chi connectivity index (χ2v) is 18.6. The number of carbonyl (C=O) groups excluding carboxylic acids is 2. The molecule has 0 aromatic heterocycles. The van der Waals surface area contributed by atoms with Gasteiger partial charge < -0.3 is 20.3 Å². The van der Waals surface area contributed by atoms with Crippen LogP contribution in [0.2, 0.25) is 0 Å². The van der Waals surface area contributed by atoms with E-state index in [2.05, 4.69) is 31.3 Å². The minimum absolute atomic E-state index is 0.00530. The summed E-state index contributed by atoms with van der Waals surface area (Å²) in [6, 6.07) is -0.549. The molecule has 60 heavy (non-hydrogen) atoms. The number of ether oxygens (including phenoxy) is 1. The number of amides is 1. The molecule has 6 heteroatoms. The highest BCUT2D eigenvalue weighted by molar-refractivity contribution is 5.76. The number of esters is 1. The first-order chi connectivity index (χ1) is 29.5. The normalized spacial score (nSPS) is 12.7. The lowest BCUT2D eigenvalue weighted by Gasteiger charge is -2.22. The van der Waals surface area contributed by atoms with Gasteiger partial charge in [0.25, 0.3) is 0 Å². The molecule has 0 fully saturated rings. The highest BCUT2D eigenvalue weighted by atomic mass is 16.5. The minimum Gasteiger partial charge on any atom is -0.466 e. The van der Waals surface area contributed by atoms with E-state index >= 15 is 0 Å². The van der Waals surface area contributed by atoms with Crippen LogP contribution in [0.3, 0.4) is 0 Å². The Morgan fingerprint density at radius 3 is 1.18 bits per heavy atom.